The van der Waals surface area contributed by atoms with E-state index in [9.17, 15) is 4.79 Å². The van der Waals surface area contributed by atoms with Crippen molar-refractivity contribution in [2.45, 2.75) is 68.2 Å². The van der Waals surface area contributed by atoms with Crippen molar-refractivity contribution in [3.05, 3.63) is 42.5 Å². The zero-order valence-electron chi connectivity index (χ0n) is 20.2. The zero-order chi connectivity index (χ0) is 22.6. The average Bonchev–Trinajstić information content (AvgIpc) is 2.65. The molecular weight excluding hydrogens is 372 g/mol. The first kappa shape index (κ1) is 24.2. The van der Waals surface area contributed by atoms with Crippen molar-refractivity contribution in [3.8, 4) is 5.75 Å². The molecule has 2 aromatic carbocycles. The van der Waals surface area contributed by atoms with Gasteiger partial charge in [-0.3, -0.25) is 4.79 Å². The third-order valence-electron chi connectivity index (χ3n) is 6.85. The Morgan fingerprint density at radius 1 is 0.833 bits per heavy atom. The molecule has 0 radical (unpaired) electrons. The molecule has 0 fully saturated rings. The van der Waals surface area contributed by atoms with Crippen LogP contribution in [0.2, 0.25) is 0 Å². The molecule has 3 nitrogen and oxygen atoms in total. The number of hydrogen-bond donors (Lipinski definition) is 0. The number of carbonyl (C=O) groups excluding carboxylic acids is 1. The Kier molecular flexibility index (Phi) is 7.60. The first-order chi connectivity index (χ1) is 13.9. The molecule has 0 heterocycles. The van der Waals surface area contributed by atoms with E-state index >= 15 is 0 Å². The van der Waals surface area contributed by atoms with Gasteiger partial charge in [0.05, 0.1) is 18.6 Å². The van der Waals surface area contributed by atoms with E-state index in [2.05, 4.69) is 72.7 Å². The van der Waals surface area contributed by atoms with Crippen LogP contribution < -0.4 is 4.74 Å². The monoisotopic (exact) mass is 412 g/mol. The van der Waals surface area contributed by atoms with Crippen molar-refractivity contribution >= 4 is 16.7 Å². The van der Waals surface area contributed by atoms with E-state index in [0.717, 1.165) is 18.6 Å². The molecule has 0 bridgehead atoms. The number of carbonyl (C=O) groups is 1. The van der Waals surface area contributed by atoms with Gasteiger partial charge in [-0.25, -0.2) is 0 Å². The highest BCUT2D eigenvalue weighted by Crippen LogP contribution is 2.52. The summed E-state index contributed by atoms with van der Waals surface area (Å²) in [5, 5.41) is 2.41. The Bertz CT molecular complexity index is 825. The summed E-state index contributed by atoms with van der Waals surface area (Å²) < 4.78 is 11.7. The Hall–Kier alpha value is -2.03. The van der Waals surface area contributed by atoms with Crippen LogP contribution in [-0.2, 0) is 9.53 Å². The summed E-state index contributed by atoms with van der Waals surface area (Å²) >= 11 is 0. The molecule has 0 aliphatic carbocycles. The van der Waals surface area contributed by atoms with E-state index < -0.39 is 5.41 Å². The number of fused-ring (bicyclic) bond motifs is 1. The minimum atomic E-state index is -0.553. The van der Waals surface area contributed by atoms with Crippen LogP contribution in [0.1, 0.15) is 68.2 Å². The van der Waals surface area contributed by atoms with Gasteiger partial charge < -0.3 is 9.47 Å². The first-order valence-electron chi connectivity index (χ1n) is 11.1. The van der Waals surface area contributed by atoms with Crippen LogP contribution in [0, 0.1) is 22.2 Å². The van der Waals surface area contributed by atoms with Crippen LogP contribution in [0.5, 0.6) is 5.75 Å². The van der Waals surface area contributed by atoms with Crippen LogP contribution in [0.15, 0.2) is 42.5 Å². The Balaban J connectivity index is 1.80. The molecule has 0 saturated carbocycles. The number of ether oxygens (including phenoxy) is 2. The van der Waals surface area contributed by atoms with Crippen molar-refractivity contribution < 1.29 is 14.3 Å². The van der Waals surface area contributed by atoms with Crippen molar-refractivity contribution in [1.82, 2.24) is 0 Å². The third kappa shape index (κ3) is 5.56. The van der Waals surface area contributed by atoms with Gasteiger partial charge in [0, 0.05) is 0 Å². The molecule has 166 valence electrons. The second-order valence-electron chi connectivity index (χ2n) is 10.8. The fourth-order valence-corrected chi connectivity index (χ4v) is 4.01. The van der Waals surface area contributed by atoms with E-state index in [1.165, 1.54) is 10.8 Å². The second-order valence-corrected chi connectivity index (χ2v) is 10.8. The fraction of sp³-hybridized carbons (Fsp3) is 0.593. The predicted octanol–water partition coefficient (Wildman–Crippen LogP) is 7.28. The lowest BCUT2D eigenvalue weighted by atomic mass is 9.55. The smallest absolute Gasteiger partial charge is 0.312 e. The summed E-state index contributed by atoms with van der Waals surface area (Å²) in [5.41, 5.74) is -0.911. The largest absolute Gasteiger partial charge is 0.494 e. The van der Waals surface area contributed by atoms with Gasteiger partial charge in [-0.1, -0.05) is 78.8 Å². The van der Waals surface area contributed by atoms with E-state index in [1.54, 1.807) is 0 Å². The summed E-state index contributed by atoms with van der Waals surface area (Å²) in [6.07, 6.45) is 1.78. The standard InChI is InChI=1S/C27H40O3/c1-20(15-17-29-23-14-13-21-11-9-10-12-22(21)19-23)16-18-30-24(28)27(8,25(2,3)4)26(5,6)7/h9-14,19-20H,15-18H2,1-8H3. The Morgan fingerprint density at radius 2 is 1.40 bits per heavy atom. The summed E-state index contributed by atoms with van der Waals surface area (Å²) in [5.74, 6) is 1.23. The molecule has 0 aliphatic rings. The van der Waals surface area contributed by atoms with E-state index in [1.807, 2.05) is 25.1 Å². The Labute approximate surface area is 183 Å². The van der Waals surface area contributed by atoms with Gasteiger partial charge >= 0.3 is 5.97 Å². The molecule has 0 saturated heterocycles. The summed E-state index contributed by atoms with van der Waals surface area (Å²) in [6, 6.07) is 14.5. The normalized spacial score (nSPS) is 13.9. The van der Waals surface area contributed by atoms with Crippen LogP contribution >= 0.6 is 0 Å². The molecular formula is C27H40O3. The fourth-order valence-electron chi connectivity index (χ4n) is 4.01. The van der Waals surface area contributed by atoms with Gasteiger partial charge in [-0.05, 0) is 59.4 Å². The van der Waals surface area contributed by atoms with Crippen LogP contribution in [0.4, 0.5) is 0 Å². The van der Waals surface area contributed by atoms with E-state index in [-0.39, 0.29) is 16.8 Å². The molecule has 30 heavy (non-hydrogen) atoms. The van der Waals surface area contributed by atoms with Crippen molar-refractivity contribution in [2.24, 2.45) is 22.2 Å². The molecule has 2 rings (SSSR count). The maximum Gasteiger partial charge on any atom is 0.312 e. The van der Waals surface area contributed by atoms with Crippen LogP contribution in [-0.4, -0.2) is 19.2 Å². The number of esters is 1. The molecule has 0 amide bonds. The highest BCUT2D eigenvalue weighted by atomic mass is 16.5. The second kappa shape index (κ2) is 9.41. The lowest BCUT2D eigenvalue weighted by Crippen LogP contribution is -2.50. The maximum atomic E-state index is 13.0. The maximum absolute atomic E-state index is 13.0. The summed E-state index contributed by atoms with van der Waals surface area (Å²) in [4.78, 5) is 13.0. The van der Waals surface area contributed by atoms with Gasteiger partial charge in [0.15, 0.2) is 0 Å². The van der Waals surface area contributed by atoms with Crippen molar-refractivity contribution in [1.29, 1.82) is 0 Å². The Morgan fingerprint density at radius 3 is 2.00 bits per heavy atom. The average molecular weight is 413 g/mol. The molecule has 3 heteroatoms. The minimum Gasteiger partial charge on any atom is -0.494 e. The van der Waals surface area contributed by atoms with E-state index in [0.29, 0.717) is 19.1 Å². The van der Waals surface area contributed by atoms with Gasteiger partial charge in [-0.2, -0.15) is 0 Å². The molecule has 1 atom stereocenters. The van der Waals surface area contributed by atoms with Gasteiger partial charge in [-0.15, -0.1) is 0 Å². The minimum absolute atomic E-state index is 0.0953. The number of benzene rings is 2. The highest BCUT2D eigenvalue weighted by Gasteiger charge is 2.53. The first-order valence-corrected chi connectivity index (χ1v) is 11.1. The van der Waals surface area contributed by atoms with Crippen LogP contribution in [0.25, 0.3) is 10.8 Å². The summed E-state index contributed by atoms with van der Waals surface area (Å²) in [7, 11) is 0. The molecule has 0 N–H and O–H groups in total. The molecule has 0 spiro atoms. The molecule has 0 aromatic heterocycles. The third-order valence-corrected chi connectivity index (χ3v) is 6.85. The van der Waals surface area contributed by atoms with Gasteiger partial charge in [0.1, 0.15) is 5.75 Å². The van der Waals surface area contributed by atoms with Gasteiger partial charge in [0.25, 0.3) is 0 Å². The highest BCUT2D eigenvalue weighted by molar-refractivity contribution is 5.83. The molecule has 2 aromatic rings. The van der Waals surface area contributed by atoms with Crippen molar-refractivity contribution in [3.63, 3.8) is 0 Å². The lowest BCUT2D eigenvalue weighted by molar-refractivity contribution is -0.173. The number of hydrogen-bond acceptors (Lipinski definition) is 3. The zero-order valence-corrected chi connectivity index (χ0v) is 20.2. The van der Waals surface area contributed by atoms with Crippen LogP contribution in [0.3, 0.4) is 0 Å². The van der Waals surface area contributed by atoms with Gasteiger partial charge in [0.2, 0.25) is 0 Å². The molecule has 0 aliphatic heterocycles. The molecule has 1 unspecified atom stereocenters. The lowest BCUT2D eigenvalue weighted by Gasteiger charge is -2.48. The van der Waals surface area contributed by atoms with Crippen molar-refractivity contribution in [2.75, 3.05) is 13.2 Å². The van der Waals surface area contributed by atoms with E-state index in [4.69, 9.17) is 9.47 Å². The SMILES string of the molecule is CC(CCOC(=O)C(C)(C(C)(C)C)C(C)(C)C)CCOc1ccc2ccccc2c1. The summed E-state index contributed by atoms with van der Waals surface area (Å²) in [6.45, 7) is 18.0. The number of rotatable bonds is 8. The predicted molar refractivity (Wildman–Crippen MR) is 126 cm³/mol. The topological polar surface area (TPSA) is 35.5 Å². The quantitative estimate of drug-likeness (QED) is 0.427.